The van der Waals surface area contributed by atoms with Crippen molar-refractivity contribution in [3.63, 3.8) is 0 Å². The molecule has 1 unspecified atom stereocenters. The monoisotopic (exact) mass is 302 g/mol. The molecule has 2 N–H and O–H groups in total. The lowest BCUT2D eigenvalue weighted by Crippen LogP contribution is -2.35. The Bertz CT molecular complexity index is 510. The molecule has 4 nitrogen and oxygen atoms in total. The van der Waals surface area contributed by atoms with Gasteiger partial charge in [0.1, 0.15) is 18.5 Å². The van der Waals surface area contributed by atoms with Crippen molar-refractivity contribution in [1.82, 2.24) is 5.32 Å². The SMILES string of the molecule is CC(C)NCC(O)COc1ccc(C#N)cc1C(F)(F)F. The van der Waals surface area contributed by atoms with Gasteiger partial charge in [-0.15, -0.1) is 0 Å². The molecule has 116 valence electrons. The van der Waals surface area contributed by atoms with E-state index in [2.05, 4.69) is 5.32 Å². The summed E-state index contributed by atoms with van der Waals surface area (Å²) in [6.07, 6.45) is -5.55. The van der Waals surface area contributed by atoms with Crippen molar-refractivity contribution < 1.29 is 23.0 Å². The predicted octanol–water partition coefficient (Wildman–Crippen LogP) is 2.31. The van der Waals surface area contributed by atoms with E-state index in [0.717, 1.165) is 12.1 Å². The minimum Gasteiger partial charge on any atom is -0.490 e. The van der Waals surface area contributed by atoms with Crippen LogP contribution < -0.4 is 10.1 Å². The fourth-order valence-corrected chi connectivity index (χ4v) is 1.56. The molecule has 0 saturated carbocycles. The fourth-order valence-electron chi connectivity index (χ4n) is 1.56. The number of benzene rings is 1. The maximum absolute atomic E-state index is 12.9. The Labute approximate surface area is 121 Å². The lowest BCUT2D eigenvalue weighted by molar-refractivity contribution is -0.139. The first-order valence-corrected chi connectivity index (χ1v) is 6.39. The Morgan fingerprint density at radius 1 is 1.38 bits per heavy atom. The van der Waals surface area contributed by atoms with E-state index < -0.39 is 23.6 Å². The Hall–Kier alpha value is -1.78. The summed E-state index contributed by atoms with van der Waals surface area (Å²) in [6.45, 7) is 3.72. The summed E-state index contributed by atoms with van der Waals surface area (Å²) in [4.78, 5) is 0. The summed E-state index contributed by atoms with van der Waals surface area (Å²) in [6, 6.07) is 4.86. The van der Waals surface area contributed by atoms with Gasteiger partial charge in [0, 0.05) is 12.6 Å². The summed E-state index contributed by atoms with van der Waals surface area (Å²) in [5.74, 6) is -0.398. The second-order valence-corrected chi connectivity index (χ2v) is 4.85. The molecule has 0 radical (unpaired) electrons. The molecule has 0 aliphatic carbocycles. The number of nitriles is 1. The van der Waals surface area contributed by atoms with Crippen LogP contribution in [0.1, 0.15) is 25.0 Å². The van der Waals surface area contributed by atoms with E-state index in [1.54, 1.807) is 6.07 Å². The number of alkyl halides is 3. The Kier molecular flexibility index (Phi) is 6.00. The molecule has 1 aromatic carbocycles. The van der Waals surface area contributed by atoms with Crippen molar-refractivity contribution in [2.75, 3.05) is 13.2 Å². The van der Waals surface area contributed by atoms with Gasteiger partial charge in [-0.3, -0.25) is 0 Å². The molecular formula is C14H17F3N2O2. The molecule has 1 rings (SSSR count). The van der Waals surface area contributed by atoms with Crippen LogP contribution in [-0.2, 0) is 6.18 Å². The van der Waals surface area contributed by atoms with Gasteiger partial charge in [-0.1, -0.05) is 13.8 Å². The van der Waals surface area contributed by atoms with Crippen molar-refractivity contribution in [3.05, 3.63) is 29.3 Å². The Morgan fingerprint density at radius 3 is 2.57 bits per heavy atom. The van der Waals surface area contributed by atoms with Gasteiger partial charge in [0.2, 0.25) is 0 Å². The summed E-state index contributed by atoms with van der Waals surface area (Å²) in [5.41, 5.74) is -1.12. The van der Waals surface area contributed by atoms with E-state index >= 15 is 0 Å². The Balaban J connectivity index is 2.77. The molecule has 0 amide bonds. The van der Waals surface area contributed by atoms with Crippen molar-refractivity contribution in [1.29, 1.82) is 5.26 Å². The number of aliphatic hydroxyl groups excluding tert-OH is 1. The van der Waals surface area contributed by atoms with E-state index in [9.17, 15) is 18.3 Å². The van der Waals surface area contributed by atoms with Crippen LogP contribution in [0.15, 0.2) is 18.2 Å². The predicted molar refractivity (Wildman–Crippen MR) is 70.8 cm³/mol. The number of hydrogen-bond acceptors (Lipinski definition) is 4. The van der Waals surface area contributed by atoms with Crippen LogP contribution in [0, 0.1) is 11.3 Å². The largest absolute Gasteiger partial charge is 0.490 e. The highest BCUT2D eigenvalue weighted by molar-refractivity contribution is 5.43. The number of hydrogen-bond donors (Lipinski definition) is 2. The van der Waals surface area contributed by atoms with Crippen LogP contribution in [0.25, 0.3) is 0 Å². The third kappa shape index (κ3) is 5.61. The highest BCUT2D eigenvalue weighted by atomic mass is 19.4. The summed E-state index contributed by atoms with van der Waals surface area (Å²) >= 11 is 0. The molecule has 0 spiro atoms. The summed E-state index contributed by atoms with van der Waals surface area (Å²) in [5, 5.41) is 21.2. The van der Waals surface area contributed by atoms with Crippen molar-refractivity contribution in [3.8, 4) is 11.8 Å². The smallest absolute Gasteiger partial charge is 0.420 e. The van der Waals surface area contributed by atoms with Gasteiger partial charge in [0.25, 0.3) is 0 Å². The molecule has 0 bridgehead atoms. The molecule has 0 aromatic heterocycles. The molecule has 0 saturated heterocycles. The molecule has 21 heavy (non-hydrogen) atoms. The third-order valence-corrected chi connectivity index (χ3v) is 2.61. The number of halogens is 3. The van der Waals surface area contributed by atoms with E-state index in [0.29, 0.717) is 0 Å². The lowest BCUT2D eigenvalue weighted by Gasteiger charge is -2.17. The quantitative estimate of drug-likeness (QED) is 0.846. The highest BCUT2D eigenvalue weighted by Gasteiger charge is 2.34. The van der Waals surface area contributed by atoms with Gasteiger partial charge in [0.05, 0.1) is 17.2 Å². The van der Waals surface area contributed by atoms with Gasteiger partial charge < -0.3 is 15.2 Å². The molecular weight excluding hydrogens is 285 g/mol. The zero-order valence-corrected chi connectivity index (χ0v) is 11.7. The molecule has 0 aliphatic heterocycles. The van der Waals surface area contributed by atoms with Gasteiger partial charge >= 0.3 is 6.18 Å². The lowest BCUT2D eigenvalue weighted by atomic mass is 10.1. The second-order valence-electron chi connectivity index (χ2n) is 4.85. The zero-order valence-electron chi connectivity index (χ0n) is 11.7. The number of nitrogens with one attached hydrogen (secondary N) is 1. The first kappa shape index (κ1) is 17.3. The first-order chi connectivity index (χ1) is 9.74. The molecule has 0 heterocycles. The average molecular weight is 302 g/mol. The standard InChI is InChI=1S/C14H17F3N2O2/c1-9(2)19-7-11(20)8-21-13-4-3-10(6-18)5-12(13)14(15,16)17/h3-5,9,11,19-20H,7-8H2,1-2H3. The maximum Gasteiger partial charge on any atom is 0.420 e. The van der Waals surface area contributed by atoms with E-state index in [1.165, 1.54) is 6.07 Å². The fraction of sp³-hybridized carbons (Fsp3) is 0.500. The van der Waals surface area contributed by atoms with Crippen LogP contribution in [0.3, 0.4) is 0 Å². The van der Waals surface area contributed by atoms with Gasteiger partial charge in [-0.05, 0) is 18.2 Å². The van der Waals surface area contributed by atoms with Crippen LogP contribution in [0.2, 0.25) is 0 Å². The van der Waals surface area contributed by atoms with Crippen LogP contribution in [0.5, 0.6) is 5.75 Å². The zero-order chi connectivity index (χ0) is 16.0. The summed E-state index contributed by atoms with van der Waals surface area (Å²) < 4.78 is 43.7. The van der Waals surface area contributed by atoms with Crippen LogP contribution in [0.4, 0.5) is 13.2 Å². The minimum atomic E-state index is -4.62. The first-order valence-electron chi connectivity index (χ1n) is 6.39. The van der Waals surface area contributed by atoms with E-state index in [1.807, 2.05) is 13.8 Å². The maximum atomic E-state index is 12.9. The second kappa shape index (κ2) is 7.29. The van der Waals surface area contributed by atoms with Crippen molar-refractivity contribution >= 4 is 0 Å². The van der Waals surface area contributed by atoms with E-state index in [4.69, 9.17) is 10.00 Å². The van der Waals surface area contributed by atoms with Gasteiger partial charge in [-0.2, -0.15) is 18.4 Å². The molecule has 1 atom stereocenters. The van der Waals surface area contributed by atoms with Crippen molar-refractivity contribution in [2.24, 2.45) is 0 Å². The number of rotatable bonds is 6. The molecule has 1 aromatic rings. The molecule has 0 fully saturated rings. The van der Waals surface area contributed by atoms with Gasteiger partial charge in [0.15, 0.2) is 0 Å². The molecule has 0 aliphatic rings. The Morgan fingerprint density at radius 2 is 2.05 bits per heavy atom. The number of aliphatic hydroxyl groups is 1. The molecule has 7 heteroatoms. The normalized spacial score (nSPS) is 13.0. The third-order valence-electron chi connectivity index (χ3n) is 2.61. The number of ether oxygens (including phenoxy) is 1. The summed E-state index contributed by atoms with van der Waals surface area (Å²) in [7, 11) is 0. The van der Waals surface area contributed by atoms with Crippen LogP contribution in [-0.4, -0.2) is 30.4 Å². The average Bonchev–Trinajstić information content (AvgIpc) is 2.41. The highest BCUT2D eigenvalue weighted by Crippen LogP contribution is 2.36. The topological polar surface area (TPSA) is 65.3 Å². The van der Waals surface area contributed by atoms with E-state index in [-0.39, 0.29) is 24.8 Å². The van der Waals surface area contributed by atoms with Crippen LogP contribution >= 0.6 is 0 Å². The van der Waals surface area contributed by atoms with Crippen molar-refractivity contribution in [2.45, 2.75) is 32.2 Å². The number of nitrogens with zero attached hydrogens (tertiary/aromatic N) is 1. The minimum absolute atomic E-state index is 0.100. The van der Waals surface area contributed by atoms with Gasteiger partial charge in [-0.25, -0.2) is 0 Å².